The number of aryl methyl sites for hydroxylation is 1. The normalized spacial score (nSPS) is 12.5. The number of aliphatic hydroxyl groups excluding tert-OH is 1. The predicted octanol–water partition coefficient (Wildman–Crippen LogP) is 2.39. The fourth-order valence-electron chi connectivity index (χ4n) is 2.63. The molecule has 0 radical (unpaired) electrons. The molecule has 1 atom stereocenters. The Hall–Kier alpha value is -2.33. The Morgan fingerprint density at radius 3 is 2.59 bits per heavy atom. The molecule has 0 unspecified atom stereocenters. The third-order valence-corrected chi connectivity index (χ3v) is 3.71. The van der Waals surface area contributed by atoms with Gasteiger partial charge in [-0.3, -0.25) is 0 Å². The van der Waals surface area contributed by atoms with Gasteiger partial charge in [-0.1, -0.05) is 30.3 Å². The summed E-state index contributed by atoms with van der Waals surface area (Å²) in [6.45, 7) is 3.82. The SMILES string of the molecule is CCn1c[n+](C[C@H](O)COc2ccccc2)c2ccccc21. The van der Waals surface area contributed by atoms with Crippen LogP contribution in [0, 0.1) is 0 Å². The van der Waals surface area contributed by atoms with Crippen LogP contribution < -0.4 is 9.30 Å². The molecule has 0 aliphatic rings. The number of nitrogens with zero attached hydrogens (tertiary/aromatic N) is 2. The standard InChI is InChI=1S/C18H21N2O2/c1-2-19-14-20(18-11-7-6-10-17(18)19)12-15(21)13-22-16-8-4-3-5-9-16/h3-11,14-15,21H,2,12-13H2,1H3/q+1/t15-/m0/s1. The lowest BCUT2D eigenvalue weighted by Gasteiger charge is -2.10. The average Bonchev–Trinajstić information content (AvgIpc) is 2.92. The molecular formula is C18H21N2O2+. The quantitative estimate of drug-likeness (QED) is 0.710. The number of para-hydroxylation sites is 3. The van der Waals surface area contributed by atoms with Crippen molar-refractivity contribution < 1.29 is 14.4 Å². The zero-order chi connectivity index (χ0) is 15.4. The molecule has 22 heavy (non-hydrogen) atoms. The van der Waals surface area contributed by atoms with Crippen molar-refractivity contribution in [1.82, 2.24) is 4.57 Å². The number of imidazole rings is 1. The molecule has 4 nitrogen and oxygen atoms in total. The van der Waals surface area contributed by atoms with Gasteiger partial charge >= 0.3 is 0 Å². The maximum atomic E-state index is 10.3. The summed E-state index contributed by atoms with van der Waals surface area (Å²) >= 11 is 0. The average molecular weight is 297 g/mol. The minimum atomic E-state index is -0.554. The first-order valence-electron chi connectivity index (χ1n) is 7.61. The summed E-state index contributed by atoms with van der Waals surface area (Å²) in [4.78, 5) is 0. The van der Waals surface area contributed by atoms with Crippen molar-refractivity contribution in [3.05, 3.63) is 60.9 Å². The monoisotopic (exact) mass is 297 g/mol. The molecule has 0 amide bonds. The maximum Gasteiger partial charge on any atom is 0.244 e. The summed E-state index contributed by atoms with van der Waals surface area (Å²) in [5.74, 6) is 0.780. The zero-order valence-electron chi connectivity index (χ0n) is 12.7. The van der Waals surface area contributed by atoms with Crippen LogP contribution in [0.3, 0.4) is 0 Å². The molecule has 1 aromatic heterocycles. The van der Waals surface area contributed by atoms with Gasteiger partial charge in [-0.15, -0.1) is 0 Å². The fourth-order valence-corrected chi connectivity index (χ4v) is 2.63. The van der Waals surface area contributed by atoms with E-state index in [0.29, 0.717) is 6.54 Å². The highest BCUT2D eigenvalue weighted by Crippen LogP contribution is 2.11. The summed E-state index contributed by atoms with van der Waals surface area (Å²) in [6.07, 6.45) is 1.50. The Morgan fingerprint density at radius 1 is 1.09 bits per heavy atom. The molecule has 2 aromatic carbocycles. The minimum Gasteiger partial charge on any atom is -0.491 e. The Balaban J connectivity index is 1.70. The van der Waals surface area contributed by atoms with E-state index in [1.54, 1.807) is 0 Å². The van der Waals surface area contributed by atoms with Gasteiger partial charge in [0.2, 0.25) is 6.33 Å². The topological polar surface area (TPSA) is 38.3 Å². The van der Waals surface area contributed by atoms with Gasteiger partial charge in [0.15, 0.2) is 11.0 Å². The van der Waals surface area contributed by atoms with Crippen LogP contribution in [0.4, 0.5) is 0 Å². The lowest BCUT2D eigenvalue weighted by atomic mass is 10.3. The third kappa shape index (κ3) is 3.12. The molecule has 1 heterocycles. The molecule has 4 heteroatoms. The van der Waals surface area contributed by atoms with E-state index in [4.69, 9.17) is 4.74 Å². The highest BCUT2D eigenvalue weighted by molar-refractivity contribution is 5.71. The van der Waals surface area contributed by atoms with Crippen molar-refractivity contribution in [2.75, 3.05) is 6.61 Å². The summed E-state index contributed by atoms with van der Waals surface area (Å²) in [6, 6.07) is 17.8. The van der Waals surface area contributed by atoms with E-state index in [-0.39, 0.29) is 6.61 Å². The molecule has 0 aliphatic carbocycles. The number of aliphatic hydroxyl groups is 1. The van der Waals surface area contributed by atoms with Crippen LogP contribution in [0.2, 0.25) is 0 Å². The maximum absolute atomic E-state index is 10.3. The van der Waals surface area contributed by atoms with Gasteiger partial charge in [0.05, 0.1) is 6.54 Å². The van der Waals surface area contributed by atoms with Gasteiger partial charge in [0.1, 0.15) is 25.0 Å². The summed E-state index contributed by atoms with van der Waals surface area (Å²) in [5, 5.41) is 10.3. The van der Waals surface area contributed by atoms with Crippen LogP contribution in [-0.2, 0) is 13.1 Å². The van der Waals surface area contributed by atoms with E-state index in [1.807, 2.05) is 42.5 Å². The second kappa shape index (κ2) is 6.62. The highest BCUT2D eigenvalue weighted by atomic mass is 16.5. The largest absolute Gasteiger partial charge is 0.491 e. The molecule has 0 spiro atoms. The summed E-state index contributed by atoms with van der Waals surface area (Å²) in [5.41, 5.74) is 2.31. The van der Waals surface area contributed by atoms with E-state index in [2.05, 4.69) is 34.5 Å². The molecule has 3 rings (SSSR count). The minimum absolute atomic E-state index is 0.280. The van der Waals surface area contributed by atoms with Crippen LogP contribution in [0.1, 0.15) is 6.92 Å². The number of ether oxygens (including phenoxy) is 1. The van der Waals surface area contributed by atoms with Gasteiger partial charge in [0, 0.05) is 0 Å². The Kier molecular flexibility index (Phi) is 4.39. The van der Waals surface area contributed by atoms with Crippen LogP contribution in [0.15, 0.2) is 60.9 Å². The number of rotatable bonds is 6. The lowest BCUT2D eigenvalue weighted by molar-refractivity contribution is -0.679. The number of hydrogen-bond acceptors (Lipinski definition) is 2. The van der Waals surface area contributed by atoms with Crippen molar-refractivity contribution >= 4 is 11.0 Å². The van der Waals surface area contributed by atoms with Crippen LogP contribution in [-0.4, -0.2) is 22.4 Å². The molecule has 1 N–H and O–H groups in total. The van der Waals surface area contributed by atoms with E-state index < -0.39 is 6.10 Å². The van der Waals surface area contributed by atoms with Gasteiger partial charge in [-0.2, -0.15) is 0 Å². The van der Waals surface area contributed by atoms with Gasteiger partial charge in [-0.05, 0) is 31.2 Å². The Bertz CT molecular complexity index is 737. The molecule has 0 saturated heterocycles. The van der Waals surface area contributed by atoms with E-state index in [9.17, 15) is 5.11 Å². The van der Waals surface area contributed by atoms with Crippen molar-refractivity contribution in [1.29, 1.82) is 0 Å². The number of fused-ring (bicyclic) bond motifs is 1. The van der Waals surface area contributed by atoms with Crippen LogP contribution >= 0.6 is 0 Å². The Labute approximate surface area is 130 Å². The predicted molar refractivity (Wildman–Crippen MR) is 85.8 cm³/mol. The second-order valence-corrected chi connectivity index (χ2v) is 5.32. The van der Waals surface area contributed by atoms with Crippen molar-refractivity contribution in [3.8, 4) is 5.75 Å². The zero-order valence-corrected chi connectivity index (χ0v) is 12.7. The molecule has 114 valence electrons. The fraction of sp³-hybridized carbons (Fsp3) is 0.278. The van der Waals surface area contributed by atoms with E-state index in [0.717, 1.165) is 17.8 Å². The molecule has 3 aromatic rings. The van der Waals surface area contributed by atoms with Crippen LogP contribution in [0.5, 0.6) is 5.75 Å². The number of hydrogen-bond donors (Lipinski definition) is 1. The van der Waals surface area contributed by atoms with Crippen molar-refractivity contribution in [2.45, 2.75) is 26.1 Å². The van der Waals surface area contributed by atoms with E-state index >= 15 is 0 Å². The second-order valence-electron chi connectivity index (χ2n) is 5.32. The molecule has 0 aliphatic heterocycles. The van der Waals surface area contributed by atoms with Crippen molar-refractivity contribution in [2.24, 2.45) is 0 Å². The molecule has 0 saturated carbocycles. The third-order valence-electron chi connectivity index (χ3n) is 3.71. The smallest absolute Gasteiger partial charge is 0.244 e. The van der Waals surface area contributed by atoms with Crippen molar-refractivity contribution in [3.63, 3.8) is 0 Å². The molecule has 0 fully saturated rings. The first-order chi connectivity index (χ1) is 10.8. The van der Waals surface area contributed by atoms with Gasteiger partial charge in [-0.25, -0.2) is 9.13 Å². The number of benzene rings is 2. The first kappa shape index (κ1) is 14.6. The number of aromatic nitrogens is 2. The first-order valence-corrected chi connectivity index (χ1v) is 7.61. The molecule has 0 bridgehead atoms. The van der Waals surface area contributed by atoms with Crippen LogP contribution in [0.25, 0.3) is 11.0 Å². The van der Waals surface area contributed by atoms with E-state index in [1.165, 1.54) is 5.52 Å². The highest BCUT2D eigenvalue weighted by Gasteiger charge is 2.17. The van der Waals surface area contributed by atoms with Gasteiger partial charge in [0.25, 0.3) is 0 Å². The van der Waals surface area contributed by atoms with Gasteiger partial charge < -0.3 is 9.84 Å². The molecular weight excluding hydrogens is 276 g/mol. The summed E-state index contributed by atoms with van der Waals surface area (Å²) in [7, 11) is 0. The Morgan fingerprint density at radius 2 is 1.82 bits per heavy atom. The lowest BCUT2D eigenvalue weighted by Crippen LogP contribution is -2.41. The summed E-state index contributed by atoms with van der Waals surface area (Å²) < 4.78 is 9.88.